The highest BCUT2D eigenvalue weighted by Gasteiger charge is 2.33. The molecule has 0 spiro atoms. The van der Waals surface area contributed by atoms with Gasteiger partial charge < -0.3 is 10.1 Å². The summed E-state index contributed by atoms with van der Waals surface area (Å²) in [7, 11) is -3.73. The van der Waals surface area contributed by atoms with Crippen molar-refractivity contribution in [3.8, 4) is 5.75 Å². The SMILES string of the molecule is Cc1cccc(OCCN2CCN(S(=O)(=O)c3ccc4c(c3)C(=O)C(=O)N4)CC2)c1. The summed E-state index contributed by atoms with van der Waals surface area (Å²) in [6.45, 7) is 5.16. The lowest BCUT2D eigenvalue weighted by atomic mass is 10.1. The van der Waals surface area contributed by atoms with Crippen molar-refractivity contribution in [3.63, 3.8) is 0 Å². The average molecular weight is 429 g/mol. The fraction of sp³-hybridized carbons (Fsp3) is 0.333. The molecule has 1 N–H and O–H groups in total. The van der Waals surface area contributed by atoms with E-state index >= 15 is 0 Å². The smallest absolute Gasteiger partial charge is 0.296 e. The van der Waals surface area contributed by atoms with Gasteiger partial charge in [0.15, 0.2) is 0 Å². The number of hydrogen-bond donors (Lipinski definition) is 1. The van der Waals surface area contributed by atoms with E-state index in [-0.39, 0.29) is 10.5 Å². The van der Waals surface area contributed by atoms with Crippen LogP contribution in [-0.2, 0) is 14.8 Å². The molecule has 1 saturated heterocycles. The van der Waals surface area contributed by atoms with Crippen molar-refractivity contribution in [2.75, 3.05) is 44.6 Å². The summed E-state index contributed by atoms with van der Waals surface area (Å²) in [5.41, 5.74) is 1.59. The zero-order valence-corrected chi connectivity index (χ0v) is 17.4. The summed E-state index contributed by atoms with van der Waals surface area (Å²) in [4.78, 5) is 25.6. The Labute approximate surface area is 175 Å². The number of piperazine rings is 1. The van der Waals surface area contributed by atoms with Gasteiger partial charge in [-0.1, -0.05) is 12.1 Å². The Balaban J connectivity index is 1.33. The van der Waals surface area contributed by atoms with Crippen LogP contribution >= 0.6 is 0 Å². The van der Waals surface area contributed by atoms with E-state index in [1.165, 1.54) is 22.5 Å². The van der Waals surface area contributed by atoms with Crippen molar-refractivity contribution in [3.05, 3.63) is 53.6 Å². The molecule has 158 valence electrons. The molecule has 4 rings (SSSR count). The molecule has 0 saturated carbocycles. The molecule has 1 amide bonds. The van der Waals surface area contributed by atoms with E-state index in [2.05, 4.69) is 10.2 Å². The highest BCUT2D eigenvalue weighted by atomic mass is 32.2. The Morgan fingerprint density at radius 3 is 2.53 bits per heavy atom. The Kier molecular flexibility index (Phi) is 5.59. The summed E-state index contributed by atoms with van der Waals surface area (Å²) in [6.07, 6.45) is 0. The van der Waals surface area contributed by atoms with Gasteiger partial charge in [-0.25, -0.2) is 8.42 Å². The molecule has 2 aliphatic heterocycles. The molecule has 0 radical (unpaired) electrons. The Morgan fingerprint density at radius 2 is 1.80 bits per heavy atom. The van der Waals surface area contributed by atoms with Crippen molar-refractivity contribution in [1.29, 1.82) is 0 Å². The maximum Gasteiger partial charge on any atom is 0.296 e. The van der Waals surface area contributed by atoms with Crippen molar-refractivity contribution < 1.29 is 22.7 Å². The van der Waals surface area contributed by atoms with Gasteiger partial charge >= 0.3 is 0 Å². The van der Waals surface area contributed by atoms with Gasteiger partial charge in [0.2, 0.25) is 10.0 Å². The number of rotatable bonds is 6. The number of fused-ring (bicyclic) bond motifs is 1. The molecule has 0 aromatic heterocycles. The molecule has 2 aliphatic rings. The predicted octanol–water partition coefficient (Wildman–Crippen LogP) is 1.52. The third-order valence-corrected chi connectivity index (χ3v) is 7.22. The summed E-state index contributed by atoms with van der Waals surface area (Å²) < 4.78 is 33.2. The van der Waals surface area contributed by atoms with E-state index in [4.69, 9.17) is 4.74 Å². The van der Waals surface area contributed by atoms with Crippen LogP contribution in [0.2, 0.25) is 0 Å². The predicted molar refractivity (Wildman–Crippen MR) is 111 cm³/mol. The standard InChI is InChI=1S/C21H23N3O5S/c1-15-3-2-4-16(13-15)29-12-11-23-7-9-24(10-8-23)30(27,28)17-5-6-19-18(14-17)20(25)21(26)22-19/h2-6,13-14H,7-12H2,1H3,(H,22,25,26). The van der Waals surface area contributed by atoms with Crippen LogP contribution in [0.1, 0.15) is 15.9 Å². The van der Waals surface area contributed by atoms with Crippen LogP contribution in [0.4, 0.5) is 5.69 Å². The van der Waals surface area contributed by atoms with Gasteiger partial charge in [-0.3, -0.25) is 14.5 Å². The Hall–Kier alpha value is -2.75. The van der Waals surface area contributed by atoms with E-state index in [9.17, 15) is 18.0 Å². The molecular weight excluding hydrogens is 406 g/mol. The second kappa shape index (κ2) is 8.17. The van der Waals surface area contributed by atoms with Gasteiger partial charge in [0.05, 0.1) is 16.1 Å². The molecule has 30 heavy (non-hydrogen) atoms. The number of sulfonamides is 1. The summed E-state index contributed by atoms with van der Waals surface area (Å²) in [5, 5.41) is 2.43. The molecule has 9 heteroatoms. The normalized spacial score (nSPS) is 17.6. The number of benzene rings is 2. The van der Waals surface area contributed by atoms with Gasteiger partial charge in [-0.15, -0.1) is 0 Å². The summed E-state index contributed by atoms with van der Waals surface area (Å²) >= 11 is 0. The number of ether oxygens (including phenoxy) is 1. The van der Waals surface area contributed by atoms with Gasteiger partial charge in [0, 0.05) is 32.7 Å². The quantitative estimate of drug-likeness (QED) is 0.700. The Bertz CT molecular complexity index is 1090. The first kappa shape index (κ1) is 20.5. The number of nitrogens with zero attached hydrogens (tertiary/aromatic N) is 2. The molecule has 0 aliphatic carbocycles. The minimum atomic E-state index is -3.73. The number of hydrogen-bond acceptors (Lipinski definition) is 6. The second-order valence-corrected chi connectivity index (χ2v) is 9.34. The van der Waals surface area contributed by atoms with Crippen LogP contribution in [0, 0.1) is 6.92 Å². The van der Waals surface area contributed by atoms with Crippen LogP contribution in [-0.4, -0.2) is 68.6 Å². The zero-order valence-electron chi connectivity index (χ0n) is 16.6. The van der Waals surface area contributed by atoms with Crippen molar-refractivity contribution >= 4 is 27.4 Å². The van der Waals surface area contributed by atoms with Crippen molar-refractivity contribution in [2.45, 2.75) is 11.8 Å². The molecule has 0 bridgehead atoms. The van der Waals surface area contributed by atoms with Crippen LogP contribution in [0.3, 0.4) is 0 Å². The summed E-state index contributed by atoms with van der Waals surface area (Å²) in [5.74, 6) is -0.614. The topological polar surface area (TPSA) is 96.0 Å². The van der Waals surface area contributed by atoms with Gasteiger partial charge in [0.25, 0.3) is 11.7 Å². The highest BCUT2D eigenvalue weighted by Crippen LogP contribution is 2.27. The monoisotopic (exact) mass is 429 g/mol. The highest BCUT2D eigenvalue weighted by molar-refractivity contribution is 7.89. The van der Waals surface area contributed by atoms with E-state index in [0.717, 1.165) is 11.3 Å². The van der Waals surface area contributed by atoms with Crippen LogP contribution in [0.25, 0.3) is 0 Å². The molecule has 0 unspecified atom stereocenters. The summed E-state index contributed by atoms with van der Waals surface area (Å²) in [6, 6.07) is 12.0. The number of carbonyl (C=O) groups excluding carboxylic acids is 2. The van der Waals surface area contributed by atoms with Gasteiger partial charge in [0.1, 0.15) is 12.4 Å². The lowest BCUT2D eigenvalue weighted by Crippen LogP contribution is -2.49. The maximum absolute atomic E-state index is 13.0. The molecule has 2 aromatic carbocycles. The number of Topliss-reactive ketones (excluding diaryl/α,β-unsaturated/α-hetero) is 1. The zero-order chi connectivity index (χ0) is 21.3. The number of nitrogens with one attached hydrogen (secondary N) is 1. The first-order chi connectivity index (χ1) is 14.3. The fourth-order valence-electron chi connectivity index (χ4n) is 3.62. The van der Waals surface area contributed by atoms with Gasteiger partial charge in [-0.2, -0.15) is 4.31 Å². The van der Waals surface area contributed by atoms with Gasteiger partial charge in [-0.05, 0) is 42.8 Å². The van der Waals surface area contributed by atoms with Crippen LogP contribution in [0.15, 0.2) is 47.4 Å². The third-order valence-electron chi connectivity index (χ3n) is 5.32. The van der Waals surface area contributed by atoms with E-state index in [0.29, 0.717) is 45.0 Å². The van der Waals surface area contributed by atoms with E-state index in [1.54, 1.807) is 0 Å². The number of anilines is 1. The molecule has 2 heterocycles. The minimum Gasteiger partial charge on any atom is -0.492 e. The van der Waals surface area contributed by atoms with Crippen LogP contribution in [0.5, 0.6) is 5.75 Å². The van der Waals surface area contributed by atoms with E-state index in [1.807, 2.05) is 31.2 Å². The fourth-order valence-corrected chi connectivity index (χ4v) is 5.07. The maximum atomic E-state index is 13.0. The largest absolute Gasteiger partial charge is 0.492 e. The number of carbonyl (C=O) groups is 2. The van der Waals surface area contributed by atoms with E-state index < -0.39 is 21.7 Å². The number of aryl methyl sites for hydroxylation is 1. The molecule has 0 atom stereocenters. The third kappa shape index (κ3) is 4.09. The number of ketones is 1. The first-order valence-corrected chi connectivity index (χ1v) is 11.2. The molecule has 2 aromatic rings. The Morgan fingerprint density at radius 1 is 1.03 bits per heavy atom. The van der Waals surface area contributed by atoms with Crippen molar-refractivity contribution in [2.24, 2.45) is 0 Å². The number of amides is 1. The molecular formula is C21H23N3O5S. The molecule has 1 fully saturated rings. The van der Waals surface area contributed by atoms with Crippen LogP contribution < -0.4 is 10.1 Å². The minimum absolute atomic E-state index is 0.0299. The lowest BCUT2D eigenvalue weighted by Gasteiger charge is -2.33. The average Bonchev–Trinajstić information content (AvgIpc) is 3.02. The second-order valence-electron chi connectivity index (χ2n) is 7.40. The molecule has 8 nitrogen and oxygen atoms in total. The first-order valence-electron chi connectivity index (χ1n) is 9.76. The van der Waals surface area contributed by atoms with Crippen molar-refractivity contribution in [1.82, 2.24) is 9.21 Å². The lowest BCUT2D eigenvalue weighted by molar-refractivity contribution is -0.112.